The van der Waals surface area contributed by atoms with E-state index in [1.165, 1.54) is 18.2 Å². The van der Waals surface area contributed by atoms with Crippen LogP contribution >= 0.6 is 11.3 Å². The molecule has 0 bridgehead atoms. The molecule has 3 rings (SSSR count). The first-order valence-electron chi connectivity index (χ1n) is 8.18. The van der Waals surface area contributed by atoms with Crippen LogP contribution in [0.5, 0.6) is 0 Å². The molecule has 0 saturated heterocycles. The van der Waals surface area contributed by atoms with Crippen LogP contribution in [0.3, 0.4) is 0 Å². The zero-order valence-electron chi connectivity index (χ0n) is 13.7. The molecular formula is C18H16FN3O3S. The standard InChI is InChI=1S/C18H16FN3O3S/c19-13-3-1-2-12(8-13)15-14(9-20)26-18(21-15)22-16(23)10-4-6-11(7-5-10)17(24)25/h1-3,8,10-11H,4-7H2,(H,24,25)(H,21,22,23). The summed E-state index contributed by atoms with van der Waals surface area (Å²) in [6.07, 6.45) is 1.97. The van der Waals surface area contributed by atoms with Crippen molar-refractivity contribution in [1.82, 2.24) is 4.98 Å². The van der Waals surface area contributed by atoms with Gasteiger partial charge in [-0.3, -0.25) is 9.59 Å². The molecule has 1 aliphatic rings. The Bertz CT molecular complexity index is 882. The second-order valence-corrected chi connectivity index (χ2v) is 7.19. The summed E-state index contributed by atoms with van der Waals surface area (Å²) in [7, 11) is 0. The Balaban J connectivity index is 1.72. The Labute approximate surface area is 153 Å². The predicted octanol–water partition coefficient (Wildman–Crippen LogP) is 3.65. The second-order valence-electron chi connectivity index (χ2n) is 6.19. The highest BCUT2D eigenvalue weighted by atomic mass is 32.1. The quantitative estimate of drug-likeness (QED) is 0.851. The maximum atomic E-state index is 13.4. The van der Waals surface area contributed by atoms with Gasteiger partial charge in [0.2, 0.25) is 5.91 Å². The minimum atomic E-state index is -0.817. The molecule has 2 aromatic rings. The molecule has 0 atom stereocenters. The zero-order valence-corrected chi connectivity index (χ0v) is 14.6. The number of hydrogen-bond acceptors (Lipinski definition) is 5. The molecule has 0 spiro atoms. The number of nitrogens with one attached hydrogen (secondary N) is 1. The Kier molecular flexibility index (Phi) is 5.28. The topological polar surface area (TPSA) is 103 Å². The molecule has 2 N–H and O–H groups in total. The van der Waals surface area contributed by atoms with E-state index in [1.807, 2.05) is 6.07 Å². The van der Waals surface area contributed by atoms with Gasteiger partial charge in [-0.05, 0) is 37.8 Å². The van der Waals surface area contributed by atoms with Crippen molar-refractivity contribution in [3.05, 3.63) is 35.0 Å². The first-order chi connectivity index (χ1) is 12.5. The summed E-state index contributed by atoms with van der Waals surface area (Å²) in [6.45, 7) is 0. The van der Waals surface area contributed by atoms with Gasteiger partial charge < -0.3 is 10.4 Å². The maximum absolute atomic E-state index is 13.4. The largest absolute Gasteiger partial charge is 0.481 e. The number of nitriles is 1. The molecule has 1 fully saturated rings. The van der Waals surface area contributed by atoms with Gasteiger partial charge >= 0.3 is 5.97 Å². The molecule has 0 unspecified atom stereocenters. The fourth-order valence-electron chi connectivity index (χ4n) is 3.09. The van der Waals surface area contributed by atoms with Gasteiger partial charge in [0.15, 0.2) is 5.13 Å². The lowest BCUT2D eigenvalue weighted by atomic mass is 9.81. The molecule has 1 saturated carbocycles. The molecule has 1 heterocycles. The van der Waals surface area contributed by atoms with Crippen LogP contribution in [-0.2, 0) is 9.59 Å². The van der Waals surface area contributed by atoms with Gasteiger partial charge in [-0.25, -0.2) is 9.37 Å². The molecule has 1 aromatic heterocycles. The van der Waals surface area contributed by atoms with E-state index in [1.54, 1.807) is 6.07 Å². The molecule has 134 valence electrons. The number of carbonyl (C=O) groups excluding carboxylic acids is 1. The van der Waals surface area contributed by atoms with Crippen molar-refractivity contribution < 1.29 is 19.1 Å². The summed E-state index contributed by atoms with van der Waals surface area (Å²) < 4.78 is 13.4. The van der Waals surface area contributed by atoms with Crippen LogP contribution in [0.15, 0.2) is 24.3 Å². The number of rotatable bonds is 4. The van der Waals surface area contributed by atoms with Crippen LogP contribution in [0.1, 0.15) is 30.6 Å². The van der Waals surface area contributed by atoms with Crippen molar-refractivity contribution in [3.63, 3.8) is 0 Å². The Hall–Kier alpha value is -2.79. The highest BCUT2D eigenvalue weighted by Crippen LogP contribution is 2.33. The highest BCUT2D eigenvalue weighted by Gasteiger charge is 2.30. The maximum Gasteiger partial charge on any atom is 0.306 e. The monoisotopic (exact) mass is 373 g/mol. The number of carboxylic acids is 1. The minimum absolute atomic E-state index is 0.224. The Morgan fingerprint density at radius 3 is 2.58 bits per heavy atom. The van der Waals surface area contributed by atoms with Gasteiger partial charge in [0.1, 0.15) is 22.5 Å². The average molecular weight is 373 g/mol. The number of aliphatic carboxylic acids is 1. The predicted molar refractivity (Wildman–Crippen MR) is 93.9 cm³/mol. The third kappa shape index (κ3) is 3.89. The summed E-state index contributed by atoms with van der Waals surface area (Å²) in [4.78, 5) is 28.0. The molecule has 8 heteroatoms. The van der Waals surface area contributed by atoms with Crippen molar-refractivity contribution in [3.8, 4) is 17.3 Å². The first-order valence-corrected chi connectivity index (χ1v) is 9.00. The number of aromatic nitrogens is 1. The Morgan fingerprint density at radius 2 is 1.96 bits per heavy atom. The lowest BCUT2D eigenvalue weighted by Crippen LogP contribution is -2.29. The normalized spacial score (nSPS) is 19.5. The number of anilines is 1. The molecule has 1 aliphatic carbocycles. The van der Waals surface area contributed by atoms with Crippen molar-refractivity contribution in [2.24, 2.45) is 11.8 Å². The number of thiazole rings is 1. The minimum Gasteiger partial charge on any atom is -0.481 e. The van der Waals surface area contributed by atoms with E-state index in [-0.39, 0.29) is 22.9 Å². The van der Waals surface area contributed by atoms with Gasteiger partial charge in [-0.15, -0.1) is 0 Å². The van der Waals surface area contributed by atoms with E-state index < -0.39 is 11.8 Å². The molecule has 26 heavy (non-hydrogen) atoms. The highest BCUT2D eigenvalue weighted by molar-refractivity contribution is 7.16. The van der Waals surface area contributed by atoms with Crippen LogP contribution in [0, 0.1) is 29.0 Å². The molecular weight excluding hydrogens is 357 g/mol. The molecule has 6 nitrogen and oxygen atoms in total. The van der Waals surface area contributed by atoms with E-state index in [2.05, 4.69) is 10.3 Å². The molecule has 1 aromatic carbocycles. The lowest BCUT2D eigenvalue weighted by Gasteiger charge is -2.24. The molecule has 0 aliphatic heterocycles. The van der Waals surface area contributed by atoms with Gasteiger partial charge in [0, 0.05) is 11.5 Å². The fourth-order valence-corrected chi connectivity index (χ4v) is 3.88. The molecule has 1 amide bonds. The number of nitrogens with zero attached hydrogens (tertiary/aromatic N) is 2. The summed E-state index contributed by atoms with van der Waals surface area (Å²) in [5.74, 6) is -2.12. The average Bonchev–Trinajstić information content (AvgIpc) is 3.04. The lowest BCUT2D eigenvalue weighted by molar-refractivity contribution is -0.143. The number of hydrogen-bond donors (Lipinski definition) is 2. The second kappa shape index (κ2) is 7.62. The van der Waals surface area contributed by atoms with E-state index >= 15 is 0 Å². The number of amides is 1. The van der Waals surface area contributed by atoms with E-state index in [9.17, 15) is 19.2 Å². The number of carbonyl (C=O) groups is 2. The van der Waals surface area contributed by atoms with Gasteiger partial charge in [-0.1, -0.05) is 23.5 Å². The van der Waals surface area contributed by atoms with E-state index in [4.69, 9.17) is 5.11 Å². The SMILES string of the molecule is N#Cc1sc(NC(=O)C2CCC(C(=O)O)CC2)nc1-c1cccc(F)c1. The third-order valence-corrected chi connectivity index (χ3v) is 5.38. The summed E-state index contributed by atoms with van der Waals surface area (Å²) >= 11 is 1.04. The van der Waals surface area contributed by atoms with Crippen molar-refractivity contribution in [2.75, 3.05) is 5.32 Å². The third-order valence-electron chi connectivity index (χ3n) is 4.50. The van der Waals surface area contributed by atoms with E-state index in [0.717, 1.165) is 11.3 Å². The summed E-state index contributed by atoms with van der Waals surface area (Å²) in [5.41, 5.74) is 0.808. The Morgan fingerprint density at radius 1 is 1.27 bits per heavy atom. The zero-order chi connectivity index (χ0) is 18.7. The van der Waals surface area contributed by atoms with Crippen molar-refractivity contribution in [2.45, 2.75) is 25.7 Å². The number of carboxylic acid groups (broad SMARTS) is 1. The van der Waals surface area contributed by atoms with Crippen LogP contribution in [0.4, 0.5) is 9.52 Å². The van der Waals surface area contributed by atoms with Gasteiger partial charge in [0.05, 0.1) is 5.92 Å². The molecule has 0 radical (unpaired) electrons. The summed E-state index contributed by atoms with van der Waals surface area (Å²) in [5, 5.41) is 21.3. The smallest absolute Gasteiger partial charge is 0.306 e. The van der Waals surface area contributed by atoms with Crippen molar-refractivity contribution in [1.29, 1.82) is 5.26 Å². The number of halogens is 1. The van der Waals surface area contributed by atoms with Crippen LogP contribution < -0.4 is 5.32 Å². The van der Waals surface area contributed by atoms with E-state index in [0.29, 0.717) is 41.8 Å². The van der Waals surface area contributed by atoms with Crippen LogP contribution in [0.25, 0.3) is 11.3 Å². The first kappa shape index (κ1) is 18.0. The summed E-state index contributed by atoms with van der Waals surface area (Å²) in [6, 6.07) is 7.79. The van der Waals surface area contributed by atoms with Crippen molar-refractivity contribution >= 4 is 28.3 Å². The van der Waals surface area contributed by atoms with Crippen LogP contribution in [0.2, 0.25) is 0 Å². The van der Waals surface area contributed by atoms with Crippen LogP contribution in [-0.4, -0.2) is 22.0 Å². The van der Waals surface area contributed by atoms with Gasteiger partial charge in [0.25, 0.3) is 0 Å². The fraction of sp³-hybridized carbons (Fsp3) is 0.333. The van der Waals surface area contributed by atoms with Gasteiger partial charge in [-0.2, -0.15) is 5.26 Å². The number of benzene rings is 1.